The van der Waals surface area contributed by atoms with Gasteiger partial charge in [0, 0.05) is 26.2 Å². The van der Waals surface area contributed by atoms with Gasteiger partial charge in [0.2, 0.25) is 0 Å². The summed E-state index contributed by atoms with van der Waals surface area (Å²) < 4.78 is 11.5. The molecule has 8 heteroatoms. The monoisotopic (exact) mass is 418 g/mol. The molecule has 0 heterocycles. The predicted molar refractivity (Wildman–Crippen MR) is 98.0 cm³/mol. The Morgan fingerprint density at radius 3 is 2.32 bits per heavy atom. The quantitative estimate of drug-likeness (QED) is 0.536. The summed E-state index contributed by atoms with van der Waals surface area (Å²) in [5, 5.41) is 15.6. The zero-order valence-corrected chi connectivity index (χ0v) is 16.2. The lowest BCUT2D eigenvalue weighted by Crippen LogP contribution is -2.31. The molecule has 0 aliphatic heterocycles. The highest BCUT2D eigenvalue weighted by Crippen LogP contribution is 2.36. The molecule has 0 bridgehead atoms. The first-order valence-corrected chi connectivity index (χ1v) is 7.37. The van der Waals surface area contributed by atoms with Gasteiger partial charge in [-0.15, -0.1) is 24.8 Å². The van der Waals surface area contributed by atoms with Gasteiger partial charge in [-0.05, 0) is 40.5 Å². The maximum atomic E-state index is 9.11. The summed E-state index contributed by atoms with van der Waals surface area (Å²) in [7, 11) is 3.25. The van der Waals surface area contributed by atoms with Crippen LogP contribution in [0.5, 0.6) is 11.5 Å². The number of aliphatic hydroxyl groups excluding tert-OH is 1. The molecule has 0 aliphatic carbocycles. The van der Waals surface area contributed by atoms with Crippen LogP contribution in [-0.4, -0.2) is 45.1 Å². The fourth-order valence-electron chi connectivity index (χ4n) is 1.79. The van der Waals surface area contributed by atoms with Gasteiger partial charge in [-0.25, -0.2) is 0 Å². The summed E-state index contributed by atoms with van der Waals surface area (Å²) in [5.74, 6) is 1.42. The van der Waals surface area contributed by atoms with Crippen LogP contribution in [0, 0.1) is 0 Å². The third-order valence-electron chi connectivity index (χ3n) is 2.74. The molecule has 0 aromatic heterocycles. The molecule has 3 N–H and O–H groups in total. The second-order valence-corrected chi connectivity index (χ2v) is 5.40. The highest BCUT2D eigenvalue weighted by atomic mass is 79.9. The fraction of sp³-hybridized carbons (Fsp3) is 0.571. The average molecular weight is 420 g/mol. The molecule has 5 nitrogen and oxygen atoms in total. The van der Waals surface area contributed by atoms with Crippen LogP contribution < -0.4 is 20.1 Å². The number of nitrogens with one attached hydrogen (secondary N) is 2. The van der Waals surface area contributed by atoms with Crippen molar-refractivity contribution in [1.82, 2.24) is 10.6 Å². The van der Waals surface area contributed by atoms with Crippen molar-refractivity contribution in [2.24, 2.45) is 0 Å². The molecule has 0 spiro atoms. The Balaban J connectivity index is 0. The molecule has 130 valence electrons. The molecular formula is C14H25BrCl2N2O3. The Morgan fingerprint density at radius 1 is 1.14 bits per heavy atom. The van der Waals surface area contributed by atoms with E-state index >= 15 is 0 Å². The minimum absolute atomic E-state index is 0. The molecule has 0 radical (unpaired) electrons. The molecule has 0 amide bonds. The maximum Gasteiger partial charge on any atom is 0.174 e. The van der Waals surface area contributed by atoms with Crippen molar-refractivity contribution in [2.75, 3.05) is 33.9 Å². The highest BCUT2D eigenvalue weighted by molar-refractivity contribution is 9.10. The summed E-state index contributed by atoms with van der Waals surface area (Å²) in [6.45, 7) is 4.78. The fourth-order valence-corrected chi connectivity index (χ4v) is 2.45. The zero-order chi connectivity index (χ0) is 15.0. The molecule has 1 aromatic carbocycles. The van der Waals surface area contributed by atoms with E-state index in [1.165, 1.54) is 0 Å². The lowest BCUT2D eigenvalue weighted by Gasteiger charge is -2.13. The molecular weight excluding hydrogens is 395 g/mol. The number of hydrogen-bond acceptors (Lipinski definition) is 5. The Kier molecular flexibility index (Phi) is 14.4. The SMILES string of the molecule is COc1cc(CNCCNCC(C)O)cc(Br)c1OC.Cl.Cl. The first-order chi connectivity index (χ1) is 9.58. The van der Waals surface area contributed by atoms with Crippen molar-refractivity contribution in [3.05, 3.63) is 22.2 Å². The normalized spacial score (nSPS) is 11.1. The van der Waals surface area contributed by atoms with Crippen LogP contribution in [0.4, 0.5) is 0 Å². The molecule has 1 unspecified atom stereocenters. The van der Waals surface area contributed by atoms with Crippen molar-refractivity contribution in [2.45, 2.75) is 19.6 Å². The summed E-state index contributed by atoms with van der Waals surface area (Å²) in [6.07, 6.45) is -0.309. The minimum atomic E-state index is -0.309. The van der Waals surface area contributed by atoms with Gasteiger partial charge < -0.3 is 25.2 Å². The maximum absolute atomic E-state index is 9.11. The number of halogens is 3. The average Bonchev–Trinajstić information content (AvgIpc) is 2.41. The second kappa shape index (κ2) is 13.2. The van der Waals surface area contributed by atoms with Crippen molar-refractivity contribution >= 4 is 40.7 Å². The smallest absolute Gasteiger partial charge is 0.174 e. The first-order valence-electron chi connectivity index (χ1n) is 6.58. The van der Waals surface area contributed by atoms with Gasteiger partial charge in [-0.2, -0.15) is 0 Å². The topological polar surface area (TPSA) is 62.8 Å². The van der Waals surface area contributed by atoms with Crippen molar-refractivity contribution in [3.63, 3.8) is 0 Å². The standard InChI is InChI=1S/C14H23BrN2O3.2ClH/c1-10(18)8-16-4-5-17-9-11-6-12(15)14(20-3)13(7-11)19-2;;/h6-7,10,16-18H,4-5,8-9H2,1-3H3;2*1H. The summed E-state index contributed by atoms with van der Waals surface area (Å²) in [6, 6.07) is 3.97. The zero-order valence-electron chi connectivity index (χ0n) is 13.0. The summed E-state index contributed by atoms with van der Waals surface area (Å²) in [5.41, 5.74) is 1.12. The molecule has 22 heavy (non-hydrogen) atoms. The minimum Gasteiger partial charge on any atom is -0.493 e. The van der Waals surface area contributed by atoms with E-state index in [1.54, 1.807) is 21.1 Å². The van der Waals surface area contributed by atoms with Crippen LogP contribution in [0.1, 0.15) is 12.5 Å². The molecule has 1 atom stereocenters. The van der Waals surface area contributed by atoms with Gasteiger partial charge in [0.05, 0.1) is 24.8 Å². The Hall–Kier alpha value is -0.240. The van der Waals surface area contributed by atoms with Gasteiger partial charge in [0.15, 0.2) is 11.5 Å². The van der Waals surface area contributed by atoms with Crippen LogP contribution in [0.2, 0.25) is 0 Å². The van der Waals surface area contributed by atoms with E-state index in [0.29, 0.717) is 18.0 Å². The Labute approximate surface area is 153 Å². The van der Waals surface area contributed by atoms with Crippen molar-refractivity contribution in [3.8, 4) is 11.5 Å². The van der Waals surface area contributed by atoms with Crippen LogP contribution in [0.25, 0.3) is 0 Å². The summed E-state index contributed by atoms with van der Waals surface area (Å²) in [4.78, 5) is 0. The lowest BCUT2D eigenvalue weighted by molar-refractivity contribution is 0.191. The molecule has 0 fully saturated rings. The van der Waals surface area contributed by atoms with E-state index in [1.807, 2.05) is 12.1 Å². The number of hydrogen-bond donors (Lipinski definition) is 3. The molecule has 0 aliphatic rings. The second-order valence-electron chi connectivity index (χ2n) is 4.54. The molecule has 0 saturated carbocycles. The number of methoxy groups -OCH3 is 2. The summed E-state index contributed by atoms with van der Waals surface area (Å²) >= 11 is 3.48. The first kappa shape index (κ1) is 24.0. The van der Waals surface area contributed by atoms with E-state index in [4.69, 9.17) is 14.6 Å². The van der Waals surface area contributed by atoms with Gasteiger partial charge in [-0.3, -0.25) is 0 Å². The number of rotatable bonds is 9. The third kappa shape index (κ3) is 8.41. The molecule has 0 saturated heterocycles. The van der Waals surface area contributed by atoms with Crippen LogP contribution in [-0.2, 0) is 6.54 Å². The largest absolute Gasteiger partial charge is 0.493 e. The number of aliphatic hydroxyl groups is 1. The predicted octanol–water partition coefficient (Wildman–Crippen LogP) is 2.37. The van der Waals surface area contributed by atoms with E-state index in [-0.39, 0.29) is 30.9 Å². The third-order valence-corrected chi connectivity index (χ3v) is 3.33. The van der Waals surface area contributed by atoms with Crippen LogP contribution in [0.15, 0.2) is 16.6 Å². The van der Waals surface area contributed by atoms with Crippen molar-refractivity contribution in [1.29, 1.82) is 0 Å². The molecule has 1 aromatic rings. The van der Waals surface area contributed by atoms with Crippen LogP contribution >= 0.6 is 40.7 Å². The molecule has 1 rings (SSSR count). The van der Waals surface area contributed by atoms with E-state index in [9.17, 15) is 0 Å². The van der Waals surface area contributed by atoms with Crippen LogP contribution in [0.3, 0.4) is 0 Å². The van der Waals surface area contributed by atoms with Gasteiger partial charge >= 0.3 is 0 Å². The van der Waals surface area contributed by atoms with E-state index in [0.717, 1.165) is 29.7 Å². The van der Waals surface area contributed by atoms with Gasteiger partial charge in [0.25, 0.3) is 0 Å². The van der Waals surface area contributed by atoms with E-state index in [2.05, 4.69) is 26.6 Å². The number of benzene rings is 1. The number of ether oxygens (including phenoxy) is 2. The Bertz CT molecular complexity index is 423. The highest BCUT2D eigenvalue weighted by Gasteiger charge is 2.10. The van der Waals surface area contributed by atoms with Gasteiger partial charge in [0.1, 0.15) is 0 Å². The van der Waals surface area contributed by atoms with Crippen molar-refractivity contribution < 1.29 is 14.6 Å². The van der Waals surface area contributed by atoms with E-state index < -0.39 is 0 Å². The lowest BCUT2D eigenvalue weighted by atomic mass is 10.2. The Morgan fingerprint density at radius 2 is 1.77 bits per heavy atom. The van der Waals surface area contributed by atoms with Gasteiger partial charge in [-0.1, -0.05) is 0 Å².